The zero-order valence-corrected chi connectivity index (χ0v) is 14.8. The molecule has 0 radical (unpaired) electrons. The number of aryl methyl sites for hydroxylation is 1. The Hall–Kier alpha value is -1.90. The third-order valence-corrected chi connectivity index (χ3v) is 5.33. The van der Waals surface area contributed by atoms with Crippen molar-refractivity contribution in [2.24, 2.45) is 4.99 Å². The Morgan fingerprint density at radius 2 is 1.74 bits per heavy atom. The molecule has 3 aromatic rings. The van der Waals surface area contributed by atoms with E-state index in [0.717, 1.165) is 22.4 Å². The van der Waals surface area contributed by atoms with Crippen molar-refractivity contribution < 1.29 is 0 Å². The van der Waals surface area contributed by atoms with E-state index in [1.165, 1.54) is 20.5 Å². The van der Waals surface area contributed by atoms with Crippen LogP contribution in [0.3, 0.4) is 0 Å². The van der Waals surface area contributed by atoms with Crippen LogP contribution in [0.2, 0.25) is 0 Å². The summed E-state index contributed by atoms with van der Waals surface area (Å²) in [6.07, 6.45) is 0. The molecular formula is C20H18ClNS. The molecule has 0 unspecified atom stereocenters. The van der Waals surface area contributed by atoms with Crippen molar-refractivity contribution in [1.29, 1.82) is 0 Å². The second-order valence-electron chi connectivity index (χ2n) is 5.54. The summed E-state index contributed by atoms with van der Waals surface area (Å²) in [6.45, 7) is 8.15. The lowest BCUT2D eigenvalue weighted by molar-refractivity contribution is 1.35. The minimum atomic E-state index is 0.255. The minimum Gasteiger partial charge on any atom is -0.267 e. The van der Waals surface area contributed by atoms with Crippen molar-refractivity contribution in [1.82, 2.24) is 0 Å². The maximum Gasteiger partial charge on any atom is 0.114 e. The molecule has 0 atom stereocenters. The van der Waals surface area contributed by atoms with Crippen LogP contribution < -0.4 is 0 Å². The number of benzene rings is 2. The van der Waals surface area contributed by atoms with Gasteiger partial charge in [-0.25, -0.2) is 0 Å². The second-order valence-corrected chi connectivity index (χ2v) is 6.83. The van der Waals surface area contributed by atoms with Gasteiger partial charge < -0.3 is 0 Å². The fourth-order valence-electron chi connectivity index (χ4n) is 2.67. The van der Waals surface area contributed by atoms with Crippen molar-refractivity contribution in [3.63, 3.8) is 0 Å². The zero-order chi connectivity index (χ0) is 16.4. The third kappa shape index (κ3) is 3.10. The molecule has 3 heteroatoms. The number of aliphatic imine (C=N–C) groups is 1. The van der Waals surface area contributed by atoms with Crippen LogP contribution in [-0.4, -0.2) is 11.7 Å². The predicted molar refractivity (Wildman–Crippen MR) is 104 cm³/mol. The highest BCUT2D eigenvalue weighted by Gasteiger charge is 2.15. The number of fused-ring (bicyclic) bond motifs is 1. The summed E-state index contributed by atoms with van der Waals surface area (Å²) in [6, 6.07) is 17.1. The number of thiophene rings is 1. The molecule has 0 spiro atoms. The molecule has 0 amide bonds. The number of rotatable bonds is 4. The van der Waals surface area contributed by atoms with Gasteiger partial charge in [0.15, 0.2) is 0 Å². The van der Waals surface area contributed by atoms with Crippen LogP contribution in [0, 0.1) is 6.92 Å². The van der Waals surface area contributed by atoms with E-state index in [0.29, 0.717) is 0 Å². The second kappa shape index (κ2) is 6.69. The van der Waals surface area contributed by atoms with Gasteiger partial charge in [-0.3, -0.25) is 4.99 Å². The number of hydrogen-bond acceptors (Lipinski definition) is 2. The molecule has 116 valence electrons. The van der Waals surface area contributed by atoms with Crippen molar-refractivity contribution in [3.8, 4) is 0 Å². The number of hydrogen-bond donors (Lipinski definition) is 0. The number of halogens is 1. The van der Waals surface area contributed by atoms with Crippen molar-refractivity contribution >= 4 is 44.3 Å². The largest absolute Gasteiger partial charge is 0.267 e. The van der Waals surface area contributed by atoms with Gasteiger partial charge in [-0.1, -0.05) is 54.6 Å². The van der Waals surface area contributed by atoms with E-state index in [9.17, 15) is 0 Å². The Labute approximate surface area is 146 Å². The summed E-state index contributed by atoms with van der Waals surface area (Å²) in [5.41, 5.74) is 5.52. The molecule has 0 aliphatic carbocycles. The SMILES string of the molecule is C=C(C)c1ccc(/C(=N/CCl)c2sc3ccccc3c2C)cc1. The zero-order valence-electron chi connectivity index (χ0n) is 13.3. The highest BCUT2D eigenvalue weighted by Crippen LogP contribution is 2.32. The van der Waals surface area contributed by atoms with Gasteiger partial charge in [0, 0.05) is 10.3 Å². The standard InChI is InChI=1S/C20H18ClNS/c1-13(2)15-8-10-16(11-9-15)19(22-12-21)20-14(3)17-6-4-5-7-18(17)23-20/h4-11H,1,12H2,2-3H3/b22-19-. The van der Waals surface area contributed by atoms with E-state index in [2.05, 4.69) is 67.0 Å². The highest BCUT2D eigenvalue weighted by atomic mass is 35.5. The van der Waals surface area contributed by atoms with Gasteiger partial charge in [-0.15, -0.1) is 22.9 Å². The first-order valence-electron chi connectivity index (χ1n) is 7.47. The molecule has 2 aromatic carbocycles. The normalized spacial score (nSPS) is 11.9. The lowest BCUT2D eigenvalue weighted by Gasteiger charge is -2.07. The van der Waals surface area contributed by atoms with Gasteiger partial charge >= 0.3 is 0 Å². The summed E-state index contributed by atoms with van der Waals surface area (Å²) >= 11 is 7.70. The molecule has 1 nitrogen and oxygen atoms in total. The Balaban J connectivity index is 2.13. The molecule has 0 aliphatic rings. The molecule has 0 N–H and O–H groups in total. The first-order chi connectivity index (χ1) is 11.1. The Bertz CT molecular complexity index is 888. The molecule has 0 saturated heterocycles. The molecule has 0 fully saturated rings. The smallest absolute Gasteiger partial charge is 0.114 e. The topological polar surface area (TPSA) is 12.4 Å². The molecule has 0 saturated carbocycles. The first-order valence-corrected chi connectivity index (χ1v) is 8.82. The van der Waals surface area contributed by atoms with Crippen LogP contribution >= 0.6 is 22.9 Å². The molecule has 23 heavy (non-hydrogen) atoms. The van der Waals surface area contributed by atoms with Crippen LogP contribution in [0.15, 0.2) is 60.1 Å². The van der Waals surface area contributed by atoms with E-state index in [4.69, 9.17) is 11.6 Å². The van der Waals surface area contributed by atoms with E-state index >= 15 is 0 Å². The van der Waals surface area contributed by atoms with Gasteiger partial charge in [-0.05, 0) is 36.4 Å². The van der Waals surface area contributed by atoms with Crippen molar-refractivity contribution in [2.75, 3.05) is 6.00 Å². The summed E-state index contributed by atoms with van der Waals surface area (Å²) in [4.78, 5) is 5.76. The number of nitrogens with zero attached hydrogens (tertiary/aromatic N) is 1. The minimum absolute atomic E-state index is 0.255. The molecule has 1 heterocycles. The number of alkyl halides is 1. The van der Waals surface area contributed by atoms with Crippen molar-refractivity contribution in [3.05, 3.63) is 76.7 Å². The maximum absolute atomic E-state index is 5.93. The monoisotopic (exact) mass is 339 g/mol. The molecule has 1 aromatic heterocycles. The van der Waals surface area contributed by atoms with Gasteiger partial charge in [0.2, 0.25) is 0 Å². The van der Waals surface area contributed by atoms with Crippen LogP contribution in [0.1, 0.15) is 28.5 Å². The fourth-order valence-corrected chi connectivity index (χ4v) is 4.03. The van der Waals surface area contributed by atoms with Gasteiger partial charge in [0.25, 0.3) is 0 Å². The quantitative estimate of drug-likeness (QED) is 0.301. The summed E-state index contributed by atoms with van der Waals surface area (Å²) in [7, 11) is 0. The lowest BCUT2D eigenvalue weighted by atomic mass is 10.0. The lowest BCUT2D eigenvalue weighted by Crippen LogP contribution is -2.03. The Morgan fingerprint density at radius 1 is 1.09 bits per heavy atom. The summed E-state index contributed by atoms with van der Waals surface area (Å²) in [5.74, 6) is 0. The van der Waals surface area contributed by atoms with Gasteiger partial charge in [-0.2, -0.15) is 0 Å². The number of allylic oxidation sites excluding steroid dienone is 1. The van der Waals surface area contributed by atoms with E-state index in [1.807, 2.05) is 6.92 Å². The first kappa shape index (κ1) is 16.0. The van der Waals surface area contributed by atoms with E-state index < -0.39 is 0 Å². The average molecular weight is 340 g/mol. The predicted octanol–water partition coefficient (Wildman–Crippen LogP) is 6.28. The Kier molecular flexibility index (Phi) is 4.65. The molecular weight excluding hydrogens is 322 g/mol. The Morgan fingerprint density at radius 3 is 2.35 bits per heavy atom. The summed E-state index contributed by atoms with van der Waals surface area (Å²) < 4.78 is 1.28. The van der Waals surface area contributed by atoms with Crippen LogP contribution in [0.4, 0.5) is 0 Å². The maximum atomic E-state index is 5.93. The van der Waals surface area contributed by atoms with Crippen LogP contribution in [0.25, 0.3) is 15.7 Å². The van der Waals surface area contributed by atoms with Crippen LogP contribution in [0.5, 0.6) is 0 Å². The van der Waals surface area contributed by atoms with E-state index in [1.54, 1.807) is 11.3 Å². The molecule has 3 rings (SSSR count). The van der Waals surface area contributed by atoms with Crippen LogP contribution in [-0.2, 0) is 0 Å². The van der Waals surface area contributed by atoms with Crippen molar-refractivity contribution in [2.45, 2.75) is 13.8 Å². The fraction of sp³-hybridized carbons (Fsp3) is 0.150. The summed E-state index contributed by atoms with van der Waals surface area (Å²) in [5, 5.41) is 1.29. The molecule has 0 aliphatic heterocycles. The molecule has 0 bridgehead atoms. The third-order valence-electron chi connectivity index (χ3n) is 3.93. The van der Waals surface area contributed by atoms with E-state index in [-0.39, 0.29) is 6.00 Å². The van der Waals surface area contributed by atoms with Gasteiger partial charge in [0.1, 0.15) is 6.00 Å². The average Bonchev–Trinajstić information content (AvgIpc) is 2.90. The highest BCUT2D eigenvalue weighted by molar-refractivity contribution is 7.21. The van der Waals surface area contributed by atoms with Gasteiger partial charge in [0.05, 0.1) is 10.6 Å².